The zero-order valence-corrected chi connectivity index (χ0v) is 13.2. The number of nitrogens with zero attached hydrogens (tertiary/aromatic N) is 1. The van der Waals surface area contributed by atoms with Gasteiger partial charge in [0.15, 0.2) is 0 Å². The normalized spacial score (nSPS) is 11.2. The number of nitro groups is 1. The molecule has 0 aliphatic carbocycles. The monoisotopic (exact) mass is 374 g/mol. The first-order valence-corrected chi connectivity index (χ1v) is 7.69. The Hall–Kier alpha value is -2.62. The van der Waals surface area contributed by atoms with Crippen LogP contribution in [0.15, 0.2) is 47.4 Å². The molecule has 0 heterocycles. The Morgan fingerprint density at radius 2 is 1.80 bits per heavy atom. The number of halogens is 4. The van der Waals surface area contributed by atoms with Gasteiger partial charge in [0.25, 0.3) is 5.69 Å². The Bertz CT molecular complexity index is 794. The Balaban J connectivity index is 2.11. The summed E-state index contributed by atoms with van der Waals surface area (Å²) in [7, 11) is 0. The van der Waals surface area contributed by atoms with Crippen LogP contribution >= 0.6 is 11.8 Å². The van der Waals surface area contributed by atoms with Gasteiger partial charge in [0.05, 0.1) is 21.9 Å². The maximum atomic E-state index is 13.0. The maximum absolute atomic E-state index is 13.0. The van der Waals surface area contributed by atoms with Crippen molar-refractivity contribution in [3.63, 3.8) is 0 Å². The lowest BCUT2D eigenvalue weighted by atomic mass is 10.1. The van der Waals surface area contributed by atoms with E-state index in [-0.39, 0.29) is 5.75 Å². The van der Waals surface area contributed by atoms with Crippen molar-refractivity contribution in [1.82, 2.24) is 0 Å². The van der Waals surface area contributed by atoms with Gasteiger partial charge in [-0.2, -0.15) is 13.2 Å². The first-order valence-electron chi connectivity index (χ1n) is 6.70. The SMILES string of the molecule is O=C(CSc1ccc(F)cc1)Nc1ccc([N+](=O)[O-])cc1C(F)(F)F. The first kappa shape index (κ1) is 18.7. The topological polar surface area (TPSA) is 72.2 Å². The van der Waals surface area contributed by atoms with E-state index in [2.05, 4.69) is 5.32 Å². The Morgan fingerprint density at radius 1 is 1.16 bits per heavy atom. The Morgan fingerprint density at radius 3 is 2.36 bits per heavy atom. The number of non-ortho nitro benzene ring substituents is 1. The van der Waals surface area contributed by atoms with Crippen molar-refractivity contribution in [3.05, 3.63) is 64.0 Å². The van der Waals surface area contributed by atoms with E-state index in [0.29, 0.717) is 11.0 Å². The molecule has 0 atom stereocenters. The number of hydrogen-bond acceptors (Lipinski definition) is 4. The fourth-order valence-electron chi connectivity index (χ4n) is 1.86. The number of carbonyl (C=O) groups excluding carboxylic acids is 1. The number of alkyl halides is 3. The van der Waals surface area contributed by atoms with Crippen LogP contribution in [0.4, 0.5) is 28.9 Å². The molecule has 0 spiro atoms. The number of thioether (sulfide) groups is 1. The van der Waals surface area contributed by atoms with Crippen molar-refractivity contribution in [3.8, 4) is 0 Å². The quantitative estimate of drug-likeness (QED) is 0.362. The Kier molecular flexibility index (Phi) is 5.62. The van der Waals surface area contributed by atoms with Crippen LogP contribution in [0.5, 0.6) is 0 Å². The molecule has 2 aromatic rings. The molecule has 0 radical (unpaired) electrons. The van der Waals surface area contributed by atoms with Crippen LogP contribution < -0.4 is 5.32 Å². The van der Waals surface area contributed by atoms with Crippen LogP contribution in [0.3, 0.4) is 0 Å². The van der Waals surface area contributed by atoms with Gasteiger partial charge in [-0.3, -0.25) is 14.9 Å². The van der Waals surface area contributed by atoms with Gasteiger partial charge < -0.3 is 5.32 Å². The molecule has 5 nitrogen and oxygen atoms in total. The summed E-state index contributed by atoms with van der Waals surface area (Å²) in [6.07, 6.45) is -4.86. The average molecular weight is 374 g/mol. The van der Waals surface area contributed by atoms with Crippen molar-refractivity contribution in [1.29, 1.82) is 0 Å². The molecule has 132 valence electrons. The van der Waals surface area contributed by atoms with Gasteiger partial charge >= 0.3 is 6.18 Å². The van der Waals surface area contributed by atoms with E-state index in [1.165, 1.54) is 24.3 Å². The summed E-state index contributed by atoms with van der Waals surface area (Å²) in [5.74, 6) is -1.39. The largest absolute Gasteiger partial charge is 0.418 e. The van der Waals surface area contributed by atoms with Gasteiger partial charge in [0.1, 0.15) is 5.82 Å². The third-order valence-corrected chi connectivity index (χ3v) is 3.99. The van der Waals surface area contributed by atoms with Crippen LogP contribution in [0, 0.1) is 15.9 Å². The lowest BCUT2D eigenvalue weighted by Crippen LogP contribution is -2.18. The summed E-state index contributed by atoms with van der Waals surface area (Å²) in [6.45, 7) is 0. The van der Waals surface area contributed by atoms with E-state index in [1.807, 2.05) is 0 Å². The zero-order valence-electron chi connectivity index (χ0n) is 12.3. The molecule has 0 bridgehead atoms. The minimum Gasteiger partial charge on any atom is -0.325 e. The van der Waals surface area contributed by atoms with E-state index >= 15 is 0 Å². The molecule has 0 aliphatic heterocycles. The van der Waals surface area contributed by atoms with Crippen molar-refractivity contribution < 1.29 is 27.3 Å². The first-order chi connectivity index (χ1) is 11.7. The molecule has 0 saturated heterocycles. The standard InChI is InChI=1S/C15H10F4N2O3S/c16-9-1-4-11(5-2-9)25-8-14(22)20-13-6-3-10(21(23)24)7-12(13)15(17,18)19/h1-7H,8H2,(H,20,22). The number of nitro benzene ring substituents is 1. The van der Waals surface area contributed by atoms with Crippen LogP contribution in [0.1, 0.15) is 5.56 Å². The van der Waals surface area contributed by atoms with Crippen LogP contribution in [0.25, 0.3) is 0 Å². The zero-order chi connectivity index (χ0) is 18.6. The molecule has 25 heavy (non-hydrogen) atoms. The molecule has 0 unspecified atom stereocenters. The number of anilines is 1. The van der Waals surface area contributed by atoms with Crippen molar-refractivity contribution >= 4 is 29.0 Å². The number of rotatable bonds is 5. The second-order valence-electron chi connectivity index (χ2n) is 4.78. The fraction of sp³-hybridized carbons (Fsp3) is 0.133. The highest BCUT2D eigenvalue weighted by molar-refractivity contribution is 8.00. The average Bonchev–Trinajstić information content (AvgIpc) is 2.53. The Labute approximate surface area is 143 Å². The van der Waals surface area contributed by atoms with Crippen molar-refractivity contribution in [2.45, 2.75) is 11.1 Å². The number of nitrogens with one attached hydrogen (secondary N) is 1. The third-order valence-electron chi connectivity index (χ3n) is 2.98. The van der Waals surface area contributed by atoms with E-state index in [0.717, 1.165) is 23.9 Å². The van der Waals surface area contributed by atoms with Crippen molar-refractivity contribution in [2.75, 3.05) is 11.1 Å². The van der Waals surface area contributed by atoms with E-state index < -0.39 is 39.8 Å². The highest BCUT2D eigenvalue weighted by Gasteiger charge is 2.35. The van der Waals surface area contributed by atoms with Crippen LogP contribution in [-0.2, 0) is 11.0 Å². The van der Waals surface area contributed by atoms with E-state index in [1.54, 1.807) is 0 Å². The summed E-state index contributed by atoms with van der Waals surface area (Å²) in [5, 5.41) is 12.7. The minimum absolute atomic E-state index is 0.208. The molecule has 10 heteroatoms. The lowest BCUT2D eigenvalue weighted by molar-refractivity contribution is -0.385. The van der Waals surface area contributed by atoms with E-state index in [4.69, 9.17) is 0 Å². The summed E-state index contributed by atoms with van der Waals surface area (Å²) < 4.78 is 51.8. The third kappa shape index (κ3) is 5.18. The molecule has 2 rings (SSSR count). The number of benzene rings is 2. The number of carbonyl (C=O) groups is 1. The van der Waals surface area contributed by atoms with Gasteiger partial charge in [-0.15, -0.1) is 11.8 Å². The maximum Gasteiger partial charge on any atom is 0.418 e. The fourth-order valence-corrected chi connectivity index (χ4v) is 2.55. The predicted molar refractivity (Wildman–Crippen MR) is 83.9 cm³/mol. The lowest BCUT2D eigenvalue weighted by Gasteiger charge is -2.13. The van der Waals surface area contributed by atoms with Gasteiger partial charge in [-0.25, -0.2) is 4.39 Å². The second kappa shape index (κ2) is 7.51. The summed E-state index contributed by atoms with van der Waals surface area (Å²) in [4.78, 5) is 22.1. The van der Waals surface area contributed by atoms with Gasteiger partial charge in [-0.1, -0.05) is 0 Å². The number of hydrogen-bond donors (Lipinski definition) is 1. The predicted octanol–water partition coefficient (Wildman–Crippen LogP) is 4.48. The van der Waals surface area contributed by atoms with Crippen LogP contribution in [-0.4, -0.2) is 16.6 Å². The molecule has 0 fully saturated rings. The van der Waals surface area contributed by atoms with E-state index in [9.17, 15) is 32.5 Å². The minimum atomic E-state index is -4.86. The summed E-state index contributed by atoms with van der Waals surface area (Å²) in [5.41, 5.74) is -2.60. The molecule has 0 aromatic heterocycles. The summed E-state index contributed by atoms with van der Waals surface area (Å²) in [6, 6.07) is 7.32. The molecule has 1 amide bonds. The molecule has 0 saturated carbocycles. The number of amides is 1. The molecule has 2 aromatic carbocycles. The molecule has 0 aliphatic rings. The molecular weight excluding hydrogens is 364 g/mol. The second-order valence-corrected chi connectivity index (χ2v) is 5.82. The molecular formula is C15H10F4N2O3S. The van der Waals surface area contributed by atoms with Gasteiger partial charge in [-0.05, 0) is 30.3 Å². The van der Waals surface area contributed by atoms with Crippen LogP contribution in [0.2, 0.25) is 0 Å². The van der Waals surface area contributed by atoms with Crippen molar-refractivity contribution in [2.24, 2.45) is 0 Å². The highest BCUT2D eigenvalue weighted by Crippen LogP contribution is 2.37. The smallest absolute Gasteiger partial charge is 0.325 e. The van der Waals surface area contributed by atoms with Gasteiger partial charge in [0.2, 0.25) is 5.91 Å². The summed E-state index contributed by atoms with van der Waals surface area (Å²) >= 11 is 1.01. The van der Waals surface area contributed by atoms with Gasteiger partial charge in [0, 0.05) is 17.0 Å². The highest BCUT2D eigenvalue weighted by atomic mass is 32.2. The molecule has 1 N–H and O–H groups in total.